The van der Waals surface area contributed by atoms with E-state index in [4.69, 9.17) is 10.00 Å². The smallest absolute Gasteiger partial charge is 0.142 e. The Morgan fingerprint density at radius 1 is 1.45 bits per heavy atom. The first kappa shape index (κ1) is 13.9. The van der Waals surface area contributed by atoms with E-state index in [1.165, 1.54) is 0 Å². The fourth-order valence-corrected chi connectivity index (χ4v) is 2.09. The predicted molar refractivity (Wildman–Crippen MR) is 77.6 cm³/mol. The summed E-state index contributed by atoms with van der Waals surface area (Å²) < 4.78 is 7.17. The zero-order chi connectivity index (χ0) is 14.5. The second kappa shape index (κ2) is 6.11. The lowest BCUT2D eigenvalue weighted by Crippen LogP contribution is -2.06. The van der Waals surface area contributed by atoms with Crippen molar-refractivity contribution in [1.29, 1.82) is 5.26 Å². The molecule has 0 saturated carbocycles. The topological polar surface area (TPSA) is 62.9 Å². The quantitative estimate of drug-likeness (QED) is 0.907. The Kier molecular flexibility index (Phi) is 4.26. The van der Waals surface area contributed by atoms with Gasteiger partial charge in [0.1, 0.15) is 23.2 Å². The molecule has 1 aromatic heterocycles. The molecule has 0 unspecified atom stereocenters. The molecule has 2 aromatic rings. The lowest BCUT2D eigenvalue weighted by Gasteiger charge is -2.09. The van der Waals surface area contributed by atoms with Crippen LogP contribution in [0.3, 0.4) is 0 Å². The molecular weight excluding hydrogens is 252 g/mol. The number of nitrogens with zero attached hydrogens (tertiary/aromatic N) is 3. The maximum absolute atomic E-state index is 9.16. The van der Waals surface area contributed by atoms with E-state index in [1.54, 1.807) is 4.68 Å². The first-order valence-corrected chi connectivity index (χ1v) is 6.55. The summed E-state index contributed by atoms with van der Waals surface area (Å²) in [6.07, 6.45) is 0. The summed E-state index contributed by atoms with van der Waals surface area (Å²) in [5.41, 5.74) is 2.42. The van der Waals surface area contributed by atoms with E-state index in [1.807, 2.05) is 45.2 Å². The highest BCUT2D eigenvalue weighted by molar-refractivity contribution is 5.55. The van der Waals surface area contributed by atoms with Crippen molar-refractivity contribution in [1.82, 2.24) is 9.78 Å². The van der Waals surface area contributed by atoms with Gasteiger partial charge >= 0.3 is 0 Å². The third-order valence-corrected chi connectivity index (χ3v) is 3.00. The molecule has 0 spiro atoms. The Bertz CT molecular complexity index is 640. The standard InChI is InChI=1S/C15H18N4O/c1-4-20-13-7-5-6-12(8-13)10-17-15-14(9-16)11(2)18-19(15)3/h5-8,17H,4,10H2,1-3H3. The van der Waals surface area contributed by atoms with E-state index < -0.39 is 0 Å². The average Bonchev–Trinajstić information content (AvgIpc) is 2.71. The lowest BCUT2D eigenvalue weighted by molar-refractivity contribution is 0.340. The van der Waals surface area contributed by atoms with Crippen LogP contribution < -0.4 is 10.1 Å². The van der Waals surface area contributed by atoms with Crippen LogP contribution in [0.2, 0.25) is 0 Å². The molecule has 104 valence electrons. The predicted octanol–water partition coefficient (Wildman–Crippen LogP) is 2.61. The van der Waals surface area contributed by atoms with Crippen LogP contribution in [0.25, 0.3) is 0 Å². The van der Waals surface area contributed by atoms with Gasteiger partial charge in [0.25, 0.3) is 0 Å². The van der Waals surface area contributed by atoms with Crippen molar-refractivity contribution in [3.05, 3.63) is 41.1 Å². The third kappa shape index (κ3) is 2.91. The van der Waals surface area contributed by atoms with Crippen molar-refractivity contribution < 1.29 is 4.74 Å². The first-order chi connectivity index (χ1) is 9.65. The van der Waals surface area contributed by atoms with Crippen LogP contribution in [0.15, 0.2) is 24.3 Å². The number of rotatable bonds is 5. The van der Waals surface area contributed by atoms with Gasteiger partial charge in [0.05, 0.1) is 12.3 Å². The molecule has 0 aliphatic heterocycles. The number of nitriles is 1. The monoisotopic (exact) mass is 270 g/mol. The van der Waals surface area contributed by atoms with Crippen molar-refractivity contribution in [2.24, 2.45) is 7.05 Å². The zero-order valence-corrected chi connectivity index (χ0v) is 12.0. The van der Waals surface area contributed by atoms with Crippen molar-refractivity contribution in [2.75, 3.05) is 11.9 Å². The molecule has 0 saturated heterocycles. The molecule has 1 heterocycles. The fraction of sp³-hybridized carbons (Fsp3) is 0.333. The highest BCUT2D eigenvalue weighted by atomic mass is 16.5. The molecule has 0 bridgehead atoms. The normalized spacial score (nSPS) is 10.1. The van der Waals surface area contributed by atoms with Gasteiger partial charge in [-0.2, -0.15) is 10.4 Å². The van der Waals surface area contributed by atoms with Crippen LogP contribution >= 0.6 is 0 Å². The molecule has 0 fully saturated rings. The van der Waals surface area contributed by atoms with E-state index in [2.05, 4.69) is 16.5 Å². The van der Waals surface area contributed by atoms with Crippen LogP contribution in [0.5, 0.6) is 5.75 Å². The van der Waals surface area contributed by atoms with Crippen LogP contribution in [0.4, 0.5) is 5.82 Å². The molecule has 20 heavy (non-hydrogen) atoms. The molecule has 0 aliphatic carbocycles. The molecule has 2 rings (SSSR count). The number of hydrogen-bond donors (Lipinski definition) is 1. The summed E-state index contributed by atoms with van der Waals surface area (Å²) in [6.45, 7) is 5.06. The van der Waals surface area contributed by atoms with Crippen molar-refractivity contribution in [2.45, 2.75) is 20.4 Å². The van der Waals surface area contributed by atoms with Gasteiger partial charge in [0, 0.05) is 13.6 Å². The van der Waals surface area contributed by atoms with Crippen LogP contribution in [0.1, 0.15) is 23.7 Å². The minimum Gasteiger partial charge on any atom is -0.494 e. The summed E-state index contributed by atoms with van der Waals surface area (Å²) in [7, 11) is 1.83. The third-order valence-electron chi connectivity index (χ3n) is 3.00. The second-order valence-corrected chi connectivity index (χ2v) is 4.48. The summed E-state index contributed by atoms with van der Waals surface area (Å²) in [4.78, 5) is 0. The van der Waals surface area contributed by atoms with Crippen LogP contribution in [-0.2, 0) is 13.6 Å². The van der Waals surface area contributed by atoms with Gasteiger partial charge in [-0.05, 0) is 31.5 Å². The molecule has 0 amide bonds. The van der Waals surface area contributed by atoms with Crippen molar-refractivity contribution in [3.63, 3.8) is 0 Å². The van der Waals surface area contributed by atoms with E-state index in [9.17, 15) is 0 Å². The second-order valence-electron chi connectivity index (χ2n) is 4.48. The molecule has 0 atom stereocenters. The number of aryl methyl sites for hydroxylation is 2. The Morgan fingerprint density at radius 2 is 2.25 bits per heavy atom. The number of anilines is 1. The molecule has 0 radical (unpaired) electrons. The molecular formula is C15H18N4O. The molecule has 5 nitrogen and oxygen atoms in total. The van der Waals surface area contributed by atoms with E-state index in [0.717, 1.165) is 22.8 Å². The zero-order valence-electron chi connectivity index (χ0n) is 12.0. The Labute approximate surface area is 118 Å². The Hall–Kier alpha value is -2.48. The van der Waals surface area contributed by atoms with E-state index in [-0.39, 0.29) is 0 Å². The summed E-state index contributed by atoms with van der Waals surface area (Å²) in [5.74, 6) is 1.60. The van der Waals surface area contributed by atoms with E-state index in [0.29, 0.717) is 18.7 Å². The van der Waals surface area contributed by atoms with Gasteiger partial charge in [-0.15, -0.1) is 0 Å². The number of ether oxygens (including phenoxy) is 1. The van der Waals surface area contributed by atoms with Gasteiger partial charge < -0.3 is 10.1 Å². The summed E-state index contributed by atoms with van der Waals surface area (Å²) in [6, 6.07) is 10.1. The van der Waals surface area contributed by atoms with E-state index >= 15 is 0 Å². The van der Waals surface area contributed by atoms with Crippen molar-refractivity contribution >= 4 is 5.82 Å². The molecule has 1 aromatic carbocycles. The molecule has 1 N–H and O–H groups in total. The fourth-order valence-electron chi connectivity index (χ4n) is 2.09. The first-order valence-electron chi connectivity index (χ1n) is 6.55. The Morgan fingerprint density at radius 3 is 2.95 bits per heavy atom. The van der Waals surface area contributed by atoms with Gasteiger partial charge in [0.15, 0.2) is 0 Å². The number of benzene rings is 1. The van der Waals surface area contributed by atoms with Gasteiger partial charge in [0.2, 0.25) is 0 Å². The molecule has 0 aliphatic rings. The van der Waals surface area contributed by atoms with Crippen LogP contribution in [0, 0.1) is 18.3 Å². The largest absolute Gasteiger partial charge is 0.494 e. The van der Waals surface area contributed by atoms with Gasteiger partial charge in [-0.3, -0.25) is 4.68 Å². The summed E-state index contributed by atoms with van der Waals surface area (Å²) in [5, 5.41) is 16.7. The van der Waals surface area contributed by atoms with Crippen molar-refractivity contribution in [3.8, 4) is 11.8 Å². The number of aromatic nitrogens is 2. The maximum Gasteiger partial charge on any atom is 0.142 e. The number of nitrogens with one attached hydrogen (secondary N) is 1. The highest BCUT2D eigenvalue weighted by Gasteiger charge is 2.12. The van der Waals surface area contributed by atoms with Gasteiger partial charge in [-0.1, -0.05) is 12.1 Å². The maximum atomic E-state index is 9.16. The van der Waals surface area contributed by atoms with Gasteiger partial charge in [-0.25, -0.2) is 0 Å². The number of hydrogen-bond acceptors (Lipinski definition) is 4. The minimum absolute atomic E-state index is 0.591. The average molecular weight is 270 g/mol. The SMILES string of the molecule is CCOc1cccc(CNc2c(C#N)c(C)nn2C)c1. The Balaban J connectivity index is 2.13. The molecule has 5 heteroatoms. The van der Waals surface area contributed by atoms with Crippen LogP contribution in [-0.4, -0.2) is 16.4 Å². The lowest BCUT2D eigenvalue weighted by atomic mass is 10.2. The minimum atomic E-state index is 0.591. The highest BCUT2D eigenvalue weighted by Crippen LogP contribution is 2.19. The summed E-state index contributed by atoms with van der Waals surface area (Å²) >= 11 is 0.